The number of alkyl halides is 3. The highest BCUT2D eigenvalue weighted by molar-refractivity contribution is 6.09. The summed E-state index contributed by atoms with van der Waals surface area (Å²) in [5.74, 6) is 0.229. The van der Waals surface area contributed by atoms with Gasteiger partial charge in [0.1, 0.15) is 6.61 Å². The lowest BCUT2D eigenvalue weighted by Crippen LogP contribution is -2.57. The minimum Gasteiger partial charge on any atom is -0.445 e. The summed E-state index contributed by atoms with van der Waals surface area (Å²) < 4.78 is 44.3. The molecule has 0 N–H and O–H groups in total. The van der Waals surface area contributed by atoms with Gasteiger partial charge in [-0.05, 0) is 29.7 Å². The summed E-state index contributed by atoms with van der Waals surface area (Å²) in [4.78, 5) is 35.9. The Balaban J connectivity index is 1.34. The molecular formula is C26H25F3N4O3. The summed E-state index contributed by atoms with van der Waals surface area (Å²) >= 11 is 0. The monoisotopic (exact) mass is 498 g/mol. The van der Waals surface area contributed by atoms with Crippen molar-refractivity contribution in [3.8, 4) is 0 Å². The number of aliphatic imine (C=N–C) groups is 1. The topological polar surface area (TPSA) is 65.5 Å². The van der Waals surface area contributed by atoms with Crippen molar-refractivity contribution in [2.24, 2.45) is 4.99 Å². The number of carbonyl (C=O) groups excluding carboxylic acids is 2. The highest BCUT2D eigenvalue weighted by atomic mass is 19.4. The van der Waals surface area contributed by atoms with Crippen molar-refractivity contribution >= 4 is 18.0 Å². The van der Waals surface area contributed by atoms with Gasteiger partial charge in [-0.25, -0.2) is 4.79 Å². The van der Waals surface area contributed by atoms with Crippen LogP contribution in [0.1, 0.15) is 29.5 Å². The number of amides is 2. The van der Waals surface area contributed by atoms with Crippen LogP contribution in [0.15, 0.2) is 70.9 Å². The maximum atomic E-state index is 13.6. The Labute approximate surface area is 206 Å². The zero-order chi connectivity index (χ0) is 25.3. The van der Waals surface area contributed by atoms with Gasteiger partial charge in [-0.1, -0.05) is 42.5 Å². The van der Waals surface area contributed by atoms with E-state index in [1.54, 1.807) is 0 Å². The normalized spacial score (nSPS) is 18.0. The van der Waals surface area contributed by atoms with Crippen molar-refractivity contribution in [2.75, 3.05) is 26.2 Å². The van der Waals surface area contributed by atoms with Crippen LogP contribution in [0.4, 0.5) is 18.0 Å². The fourth-order valence-electron chi connectivity index (χ4n) is 4.67. The quantitative estimate of drug-likeness (QED) is 0.627. The van der Waals surface area contributed by atoms with E-state index in [1.165, 1.54) is 21.9 Å². The molecule has 10 heteroatoms. The van der Waals surface area contributed by atoms with Gasteiger partial charge < -0.3 is 14.5 Å². The first-order valence-electron chi connectivity index (χ1n) is 11.8. The number of hydrogen-bond acceptors (Lipinski definition) is 5. The number of fused-ring (bicyclic) bond motifs is 2. The maximum Gasteiger partial charge on any atom is 0.416 e. The lowest BCUT2D eigenvalue weighted by atomic mass is 9.99. The van der Waals surface area contributed by atoms with Gasteiger partial charge in [0.05, 0.1) is 24.2 Å². The van der Waals surface area contributed by atoms with E-state index in [4.69, 9.17) is 4.74 Å². The Morgan fingerprint density at radius 3 is 2.47 bits per heavy atom. The van der Waals surface area contributed by atoms with E-state index in [0.717, 1.165) is 29.8 Å². The molecule has 36 heavy (non-hydrogen) atoms. The van der Waals surface area contributed by atoms with E-state index in [2.05, 4.69) is 4.99 Å². The van der Waals surface area contributed by atoms with Crippen LogP contribution in [0, 0.1) is 0 Å². The number of ether oxygens (including phenoxy) is 1. The van der Waals surface area contributed by atoms with Crippen molar-refractivity contribution < 1.29 is 27.5 Å². The third-order valence-electron chi connectivity index (χ3n) is 6.51. The van der Waals surface area contributed by atoms with Gasteiger partial charge in [0, 0.05) is 31.8 Å². The first-order chi connectivity index (χ1) is 17.3. The zero-order valence-electron chi connectivity index (χ0n) is 19.5. The van der Waals surface area contributed by atoms with E-state index < -0.39 is 17.8 Å². The number of hydrogen-bond donors (Lipinski definition) is 0. The van der Waals surface area contributed by atoms with Gasteiger partial charge in [-0.2, -0.15) is 13.2 Å². The minimum atomic E-state index is -4.43. The van der Waals surface area contributed by atoms with E-state index >= 15 is 0 Å². The molecule has 3 aliphatic rings. The molecule has 0 unspecified atom stereocenters. The number of carbonyl (C=O) groups is 2. The predicted molar refractivity (Wildman–Crippen MR) is 125 cm³/mol. The predicted octanol–water partition coefficient (Wildman–Crippen LogP) is 4.41. The molecular weight excluding hydrogens is 473 g/mol. The van der Waals surface area contributed by atoms with Gasteiger partial charge in [-0.3, -0.25) is 14.7 Å². The van der Waals surface area contributed by atoms with Gasteiger partial charge in [0.2, 0.25) is 5.96 Å². The lowest BCUT2D eigenvalue weighted by molar-refractivity contribution is -0.137. The Kier molecular flexibility index (Phi) is 6.42. The molecule has 0 fully saturated rings. The van der Waals surface area contributed by atoms with Crippen molar-refractivity contribution in [3.63, 3.8) is 0 Å². The molecule has 0 aromatic heterocycles. The van der Waals surface area contributed by atoms with Crippen LogP contribution in [-0.2, 0) is 28.9 Å². The van der Waals surface area contributed by atoms with Crippen LogP contribution < -0.4 is 0 Å². The average Bonchev–Trinajstić information content (AvgIpc) is 2.89. The Hall–Kier alpha value is -3.82. The largest absolute Gasteiger partial charge is 0.445 e. The SMILES string of the molecule is O=C(OCc1ccccc1)N1CCC2=C(C1)C(=O)N(Cc1ccc(C(F)(F)F)cc1)C1=NCCCN12. The minimum absolute atomic E-state index is 0.0849. The zero-order valence-corrected chi connectivity index (χ0v) is 19.5. The second-order valence-corrected chi connectivity index (χ2v) is 8.91. The summed E-state index contributed by atoms with van der Waals surface area (Å²) in [6.07, 6.45) is -3.60. The fraction of sp³-hybridized carbons (Fsp3) is 0.346. The molecule has 7 nitrogen and oxygen atoms in total. The smallest absolute Gasteiger partial charge is 0.416 e. The number of nitrogens with zero attached hydrogens (tertiary/aromatic N) is 4. The molecule has 0 bridgehead atoms. The molecule has 3 heterocycles. The second-order valence-electron chi connectivity index (χ2n) is 8.91. The maximum absolute atomic E-state index is 13.6. The van der Waals surface area contributed by atoms with Gasteiger partial charge in [-0.15, -0.1) is 0 Å². The molecule has 0 radical (unpaired) electrons. The first kappa shape index (κ1) is 23.9. The molecule has 0 saturated heterocycles. The second kappa shape index (κ2) is 9.67. The lowest BCUT2D eigenvalue weighted by Gasteiger charge is -2.45. The molecule has 0 aliphatic carbocycles. The molecule has 5 rings (SSSR count). The van der Waals surface area contributed by atoms with Crippen LogP contribution in [0.2, 0.25) is 0 Å². The van der Waals surface area contributed by atoms with Gasteiger partial charge in [0.25, 0.3) is 5.91 Å². The number of rotatable bonds is 4. The van der Waals surface area contributed by atoms with Crippen LogP contribution in [0.25, 0.3) is 0 Å². The average molecular weight is 499 g/mol. The molecule has 2 aromatic carbocycles. The molecule has 188 valence electrons. The summed E-state index contributed by atoms with van der Waals surface area (Å²) in [7, 11) is 0. The molecule has 2 amide bonds. The summed E-state index contributed by atoms with van der Waals surface area (Å²) in [6.45, 7) is 2.01. The highest BCUT2D eigenvalue weighted by Gasteiger charge is 2.41. The summed E-state index contributed by atoms with van der Waals surface area (Å²) in [6, 6.07) is 14.1. The first-order valence-corrected chi connectivity index (χ1v) is 11.8. The van der Waals surface area contributed by atoms with E-state index in [1.807, 2.05) is 35.2 Å². The Morgan fingerprint density at radius 1 is 1.00 bits per heavy atom. The van der Waals surface area contributed by atoms with E-state index in [9.17, 15) is 22.8 Å². The Bertz CT molecular complexity index is 1210. The third kappa shape index (κ3) is 4.80. The molecule has 0 atom stereocenters. The number of halogens is 3. The fourth-order valence-corrected chi connectivity index (χ4v) is 4.67. The summed E-state index contributed by atoms with van der Waals surface area (Å²) in [5.41, 5.74) is 2.03. The molecule has 0 spiro atoms. The standard InChI is InChI=1S/C26H25F3N4O3/c27-26(28,29)20-9-7-18(8-10-20)15-33-23(34)21-16-31(25(35)36-17-19-5-2-1-3-6-19)14-11-22(21)32-13-4-12-30-24(32)33/h1-3,5-10H,4,11-17H2. The van der Waals surface area contributed by atoms with Crippen molar-refractivity contribution in [1.82, 2.24) is 14.7 Å². The van der Waals surface area contributed by atoms with Crippen molar-refractivity contribution in [3.05, 3.63) is 82.6 Å². The third-order valence-corrected chi connectivity index (χ3v) is 6.51. The van der Waals surface area contributed by atoms with E-state index in [-0.39, 0.29) is 25.6 Å². The van der Waals surface area contributed by atoms with Gasteiger partial charge >= 0.3 is 12.3 Å². The Morgan fingerprint density at radius 2 is 1.75 bits per heavy atom. The van der Waals surface area contributed by atoms with Crippen LogP contribution >= 0.6 is 0 Å². The molecule has 3 aliphatic heterocycles. The molecule has 2 aromatic rings. The summed E-state index contributed by atoms with van der Waals surface area (Å²) in [5, 5.41) is 0. The van der Waals surface area contributed by atoms with Crippen molar-refractivity contribution in [1.29, 1.82) is 0 Å². The van der Waals surface area contributed by atoms with Crippen LogP contribution in [0.3, 0.4) is 0 Å². The van der Waals surface area contributed by atoms with E-state index in [0.29, 0.717) is 43.2 Å². The molecule has 0 saturated carbocycles. The van der Waals surface area contributed by atoms with Crippen LogP contribution in [-0.4, -0.2) is 58.8 Å². The van der Waals surface area contributed by atoms with Crippen molar-refractivity contribution in [2.45, 2.75) is 32.2 Å². The number of guanidine groups is 1. The highest BCUT2D eigenvalue weighted by Crippen LogP contribution is 2.33. The van der Waals surface area contributed by atoms with Gasteiger partial charge in [0.15, 0.2) is 0 Å². The number of benzene rings is 2. The van der Waals surface area contributed by atoms with Crippen LogP contribution in [0.5, 0.6) is 0 Å².